The second-order valence-corrected chi connectivity index (χ2v) is 11.3. The summed E-state index contributed by atoms with van der Waals surface area (Å²) in [5, 5.41) is 25.6. The van der Waals surface area contributed by atoms with Crippen LogP contribution in [0.4, 0.5) is 9.18 Å². The van der Waals surface area contributed by atoms with Gasteiger partial charge in [-0.15, -0.1) is 0 Å². The lowest BCUT2D eigenvalue weighted by atomic mass is 9.74. The highest BCUT2D eigenvalue weighted by atomic mass is 35.5. The quantitative estimate of drug-likeness (QED) is 0.290. The van der Waals surface area contributed by atoms with Gasteiger partial charge >= 0.3 is 6.03 Å². The van der Waals surface area contributed by atoms with Crippen LogP contribution in [0.25, 0.3) is 0 Å². The third kappa shape index (κ3) is 8.02. The van der Waals surface area contributed by atoms with E-state index in [1.165, 1.54) is 25.3 Å². The predicted octanol–water partition coefficient (Wildman–Crippen LogP) is 4.56. The van der Waals surface area contributed by atoms with E-state index < -0.39 is 23.6 Å². The van der Waals surface area contributed by atoms with Gasteiger partial charge in [0.1, 0.15) is 5.82 Å². The summed E-state index contributed by atoms with van der Waals surface area (Å²) in [5.74, 6) is -0.505. The van der Waals surface area contributed by atoms with Crippen molar-refractivity contribution in [3.05, 3.63) is 34.6 Å². The average Bonchev–Trinajstić information content (AvgIpc) is 2.92. The lowest BCUT2D eigenvalue weighted by Crippen LogP contribution is -2.55. The second-order valence-electron chi connectivity index (χ2n) is 10.9. The van der Waals surface area contributed by atoms with Gasteiger partial charge in [0.15, 0.2) is 0 Å². The topological polar surface area (TPSA) is 108 Å². The number of carbonyl (C=O) groups is 1. The number of carbonyl (C=O) groups excluding carboxylic acids is 1. The zero-order valence-corrected chi connectivity index (χ0v) is 22.9. The number of piperidine rings is 1. The minimum absolute atomic E-state index is 0.0282. The summed E-state index contributed by atoms with van der Waals surface area (Å²) >= 11 is 6.09. The molecule has 3 rings (SSSR count). The number of unbranched alkanes of at least 4 members (excludes halogenated alkanes) is 1. The molecular weight excluding hydrogens is 497 g/mol. The molecule has 5 N–H and O–H groups in total. The molecule has 0 bridgehead atoms. The predicted molar refractivity (Wildman–Crippen MR) is 144 cm³/mol. The van der Waals surface area contributed by atoms with E-state index in [1.54, 1.807) is 24.1 Å². The summed E-state index contributed by atoms with van der Waals surface area (Å²) in [6.07, 6.45) is 8.77. The van der Waals surface area contributed by atoms with Gasteiger partial charge in [-0.3, -0.25) is 0 Å². The SMILES string of the molecule is COCCCC[C@@](O)(c1cccc(Cl)c1F)[C@@H]1CCCN(C(=O)N[C@@H](CC2CCCCC2)[C@H](O)CN)C1. The van der Waals surface area contributed by atoms with Crippen LogP contribution in [0.5, 0.6) is 0 Å². The van der Waals surface area contributed by atoms with Crippen molar-refractivity contribution in [3.8, 4) is 0 Å². The number of urea groups is 1. The number of methoxy groups -OCH3 is 1. The van der Waals surface area contributed by atoms with Crippen molar-refractivity contribution < 1.29 is 24.1 Å². The second kappa shape index (κ2) is 14.6. The molecule has 1 heterocycles. The van der Waals surface area contributed by atoms with Gasteiger partial charge in [-0.2, -0.15) is 0 Å². The molecule has 2 amide bonds. The summed E-state index contributed by atoms with van der Waals surface area (Å²) < 4.78 is 20.3. The first-order chi connectivity index (χ1) is 17.8. The summed E-state index contributed by atoms with van der Waals surface area (Å²) in [4.78, 5) is 15.1. The summed E-state index contributed by atoms with van der Waals surface area (Å²) in [6.45, 7) is 1.46. The van der Waals surface area contributed by atoms with Crippen LogP contribution in [0.2, 0.25) is 5.02 Å². The highest BCUT2D eigenvalue weighted by molar-refractivity contribution is 6.30. The fourth-order valence-corrected chi connectivity index (χ4v) is 6.27. The molecule has 1 aliphatic carbocycles. The van der Waals surface area contributed by atoms with Gasteiger partial charge in [0.2, 0.25) is 0 Å². The van der Waals surface area contributed by atoms with Gasteiger partial charge in [0.05, 0.1) is 22.8 Å². The molecule has 1 aromatic carbocycles. The van der Waals surface area contributed by atoms with Gasteiger partial charge in [-0.25, -0.2) is 9.18 Å². The molecule has 37 heavy (non-hydrogen) atoms. The van der Waals surface area contributed by atoms with Gasteiger partial charge in [-0.1, -0.05) is 55.8 Å². The minimum Gasteiger partial charge on any atom is -0.390 e. The number of aliphatic hydroxyl groups is 2. The number of aliphatic hydroxyl groups excluding tert-OH is 1. The van der Waals surface area contributed by atoms with Gasteiger partial charge in [-0.05, 0) is 50.5 Å². The van der Waals surface area contributed by atoms with E-state index in [0.29, 0.717) is 51.2 Å². The Morgan fingerprint density at radius 2 is 2.03 bits per heavy atom. The van der Waals surface area contributed by atoms with E-state index in [2.05, 4.69) is 5.32 Å². The minimum atomic E-state index is -1.47. The molecule has 0 aromatic heterocycles. The van der Waals surface area contributed by atoms with Gasteiger partial charge in [0, 0.05) is 44.8 Å². The number of amides is 2. The number of halogens is 2. The third-order valence-electron chi connectivity index (χ3n) is 8.29. The molecule has 4 atom stereocenters. The van der Waals surface area contributed by atoms with Crippen molar-refractivity contribution in [1.82, 2.24) is 10.2 Å². The van der Waals surface area contributed by atoms with Crippen LogP contribution in [0, 0.1) is 17.7 Å². The number of hydrogen-bond acceptors (Lipinski definition) is 5. The van der Waals surface area contributed by atoms with Crippen molar-refractivity contribution in [1.29, 1.82) is 0 Å². The maximum Gasteiger partial charge on any atom is 0.317 e. The molecule has 2 fully saturated rings. The Hall–Kier alpha value is -1.45. The zero-order valence-electron chi connectivity index (χ0n) is 22.1. The Morgan fingerprint density at radius 1 is 1.27 bits per heavy atom. The Labute approximate surface area is 225 Å². The fourth-order valence-electron chi connectivity index (χ4n) is 6.10. The lowest BCUT2D eigenvalue weighted by molar-refractivity contribution is -0.0589. The van der Waals surface area contributed by atoms with Crippen LogP contribution < -0.4 is 11.1 Å². The summed E-state index contributed by atoms with van der Waals surface area (Å²) in [6, 6.07) is 4.03. The largest absolute Gasteiger partial charge is 0.390 e. The molecule has 7 nitrogen and oxygen atoms in total. The molecule has 210 valence electrons. The van der Waals surface area contributed by atoms with E-state index in [4.69, 9.17) is 22.1 Å². The first-order valence-electron chi connectivity index (χ1n) is 13.9. The number of nitrogens with zero attached hydrogens (tertiary/aromatic N) is 1. The maximum atomic E-state index is 15.2. The number of hydrogen-bond donors (Lipinski definition) is 4. The van der Waals surface area contributed by atoms with Crippen LogP contribution in [-0.2, 0) is 10.3 Å². The number of nitrogens with one attached hydrogen (secondary N) is 1. The average molecular weight is 542 g/mol. The van der Waals surface area contributed by atoms with Crippen molar-refractivity contribution in [2.75, 3.05) is 33.4 Å². The van der Waals surface area contributed by atoms with E-state index >= 15 is 4.39 Å². The summed E-state index contributed by atoms with van der Waals surface area (Å²) in [7, 11) is 1.63. The van der Waals surface area contributed by atoms with Crippen LogP contribution in [0.15, 0.2) is 18.2 Å². The van der Waals surface area contributed by atoms with Crippen molar-refractivity contribution in [3.63, 3.8) is 0 Å². The third-order valence-corrected chi connectivity index (χ3v) is 8.58. The van der Waals surface area contributed by atoms with Crippen molar-refractivity contribution >= 4 is 17.6 Å². The smallest absolute Gasteiger partial charge is 0.317 e. The molecule has 0 spiro atoms. The fraction of sp³-hybridized carbons (Fsp3) is 0.750. The normalized spacial score (nSPS) is 22.3. The zero-order chi connectivity index (χ0) is 26.8. The molecular formula is C28H45ClFN3O4. The van der Waals surface area contributed by atoms with Crippen molar-refractivity contribution in [2.45, 2.75) is 88.4 Å². The molecule has 0 radical (unpaired) electrons. The molecule has 1 aromatic rings. The molecule has 0 unspecified atom stereocenters. The molecule has 1 saturated heterocycles. The maximum absolute atomic E-state index is 15.2. The van der Waals surface area contributed by atoms with E-state index in [-0.39, 0.29) is 35.6 Å². The van der Waals surface area contributed by atoms with E-state index in [9.17, 15) is 15.0 Å². The highest BCUT2D eigenvalue weighted by Gasteiger charge is 2.43. The standard InChI is InChI=1S/C28H45ClFN3O4/c1-37-16-6-5-14-28(36,22-12-7-13-23(29)26(22)30)21-11-8-15-33(19-21)27(35)32-24(25(34)18-31)17-20-9-3-2-4-10-20/h7,12-13,20-21,24-25,34,36H,2-6,8-11,14-19,31H2,1H3,(H,32,35)/t21-,24+,25-,28+/m1/s1. The van der Waals surface area contributed by atoms with Crippen LogP contribution in [-0.4, -0.2) is 66.6 Å². The van der Waals surface area contributed by atoms with Gasteiger partial charge < -0.3 is 30.9 Å². The van der Waals surface area contributed by atoms with E-state index in [1.807, 2.05) is 0 Å². The van der Waals surface area contributed by atoms with Crippen LogP contribution in [0.3, 0.4) is 0 Å². The first-order valence-corrected chi connectivity index (χ1v) is 14.3. The summed E-state index contributed by atoms with van der Waals surface area (Å²) in [5.41, 5.74) is 4.47. The van der Waals surface area contributed by atoms with E-state index in [0.717, 1.165) is 19.3 Å². The number of ether oxygens (including phenoxy) is 1. The van der Waals surface area contributed by atoms with Crippen LogP contribution >= 0.6 is 11.6 Å². The molecule has 2 aliphatic rings. The Morgan fingerprint density at radius 3 is 2.73 bits per heavy atom. The Balaban J connectivity index is 1.74. The molecule has 9 heteroatoms. The highest BCUT2D eigenvalue weighted by Crippen LogP contribution is 2.42. The van der Waals surface area contributed by atoms with Gasteiger partial charge in [0.25, 0.3) is 0 Å². The first kappa shape index (κ1) is 30.1. The molecule has 1 aliphatic heterocycles. The van der Waals surface area contributed by atoms with Crippen LogP contribution in [0.1, 0.15) is 76.2 Å². The Bertz CT molecular complexity index is 857. The number of nitrogens with two attached hydrogens (primary N) is 1. The number of rotatable bonds is 12. The van der Waals surface area contributed by atoms with Crippen molar-refractivity contribution in [2.24, 2.45) is 17.6 Å². The lowest BCUT2D eigenvalue weighted by Gasteiger charge is -2.43. The number of likely N-dealkylation sites (tertiary alicyclic amines) is 1. The monoisotopic (exact) mass is 541 g/mol. The Kier molecular flexibility index (Phi) is 11.9. The molecule has 1 saturated carbocycles. The number of benzene rings is 1.